The van der Waals surface area contributed by atoms with Gasteiger partial charge >= 0.3 is 0 Å². The largest absolute Gasteiger partial charge is 0.363 e. The summed E-state index contributed by atoms with van der Waals surface area (Å²) < 4.78 is 1.75. The Hall–Kier alpha value is -1.60. The summed E-state index contributed by atoms with van der Waals surface area (Å²) in [6.07, 6.45) is 6.47. The first kappa shape index (κ1) is 17.7. The highest BCUT2D eigenvalue weighted by Gasteiger charge is 2.14. The summed E-state index contributed by atoms with van der Waals surface area (Å²) in [4.78, 5) is 6.06. The van der Waals surface area contributed by atoms with Crippen LogP contribution in [0.1, 0.15) is 24.9 Å². The highest BCUT2D eigenvalue weighted by molar-refractivity contribution is 7.98. The van der Waals surface area contributed by atoms with Gasteiger partial charge in [0.15, 0.2) is 5.11 Å². The first-order valence-electron chi connectivity index (χ1n) is 7.58. The van der Waals surface area contributed by atoms with Crippen LogP contribution in [0.4, 0.5) is 0 Å². The van der Waals surface area contributed by atoms with E-state index in [4.69, 9.17) is 12.2 Å². The standard InChI is InChI=1S/C16H23N5S2/c1-13(20(2)16(22)18-9-4-10-23-3)14-5-7-15(8-6-14)21-12-17-11-19-21/h5-8,11-13H,4,9-10H2,1-3H3,(H,18,22)/t13-/m0/s1. The van der Waals surface area contributed by atoms with Crippen molar-refractivity contribution >= 4 is 29.1 Å². The summed E-state index contributed by atoms with van der Waals surface area (Å²) in [5.41, 5.74) is 2.21. The molecular formula is C16H23N5S2. The van der Waals surface area contributed by atoms with Gasteiger partial charge in [-0.05, 0) is 55.3 Å². The molecule has 124 valence electrons. The van der Waals surface area contributed by atoms with E-state index >= 15 is 0 Å². The zero-order valence-electron chi connectivity index (χ0n) is 13.8. The molecule has 23 heavy (non-hydrogen) atoms. The van der Waals surface area contributed by atoms with Crippen LogP contribution in [0.5, 0.6) is 0 Å². The third-order valence-corrected chi connectivity index (χ3v) is 4.89. The zero-order chi connectivity index (χ0) is 16.7. The van der Waals surface area contributed by atoms with E-state index in [1.807, 2.05) is 30.9 Å². The van der Waals surface area contributed by atoms with Crippen LogP contribution in [-0.4, -0.2) is 50.4 Å². The van der Waals surface area contributed by atoms with Crippen LogP contribution in [0.15, 0.2) is 36.9 Å². The molecule has 0 radical (unpaired) electrons. The van der Waals surface area contributed by atoms with Gasteiger partial charge in [0, 0.05) is 13.6 Å². The molecule has 0 amide bonds. The van der Waals surface area contributed by atoms with E-state index in [-0.39, 0.29) is 6.04 Å². The molecule has 1 heterocycles. The lowest BCUT2D eigenvalue weighted by atomic mass is 10.1. The molecule has 0 saturated carbocycles. The first-order valence-corrected chi connectivity index (χ1v) is 9.38. The lowest BCUT2D eigenvalue weighted by Crippen LogP contribution is -2.39. The summed E-state index contributed by atoms with van der Waals surface area (Å²) in [5, 5.41) is 8.25. The molecule has 0 spiro atoms. The number of thioether (sulfide) groups is 1. The molecule has 0 bridgehead atoms. The topological polar surface area (TPSA) is 46.0 Å². The molecule has 1 aromatic heterocycles. The molecule has 1 atom stereocenters. The fourth-order valence-electron chi connectivity index (χ4n) is 2.18. The van der Waals surface area contributed by atoms with Crippen molar-refractivity contribution in [2.45, 2.75) is 19.4 Å². The van der Waals surface area contributed by atoms with Crippen molar-refractivity contribution in [3.8, 4) is 5.69 Å². The van der Waals surface area contributed by atoms with Gasteiger partial charge < -0.3 is 10.2 Å². The number of hydrogen-bond acceptors (Lipinski definition) is 4. The number of aromatic nitrogens is 3. The van der Waals surface area contributed by atoms with Gasteiger partial charge in [-0.3, -0.25) is 0 Å². The van der Waals surface area contributed by atoms with Gasteiger partial charge in [0.1, 0.15) is 12.7 Å². The molecule has 1 N–H and O–H groups in total. The molecule has 7 heteroatoms. The average Bonchev–Trinajstić information content (AvgIpc) is 3.12. The van der Waals surface area contributed by atoms with Crippen LogP contribution in [0, 0.1) is 0 Å². The Bertz CT molecular complexity index is 597. The van der Waals surface area contributed by atoms with E-state index < -0.39 is 0 Å². The Morgan fingerprint density at radius 3 is 2.74 bits per heavy atom. The highest BCUT2D eigenvalue weighted by Crippen LogP contribution is 2.20. The fraction of sp³-hybridized carbons (Fsp3) is 0.438. The van der Waals surface area contributed by atoms with Crippen molar-refractivity contribution in [3.63, 3.8) is 0 Å². The molecule has 1 aromatic carbocycles. The summed E-state index contributed by atoms with van der Waals surface area (Å²) in [6, 6.07) is 8.51. The number of thiocarbonyl (C=S) groups is 1. The Labute approximate surface area is 147 Å². The van der Waals surface area contributed by atoms with E-state index in [0.29, 0.717) is 0 Å². The van der Waals surface area contributed by atoms with Crippen molar-refractivity contribution < 1.29 is 0 Å². The number of nitrogens with one attached hydrogen (secondary N) is 1. The minimum atomic E-state index is 0.209. The van der Waals surface area contributed by atoms with Gasteiger partial charge in [-0.25, -0.2) is 9.67 Å². The molecule has 0 aliphatic carbocycles. The Morgan fingerprint density at radius 2 is 2.13 bits per heavy atom. The lowest BCUT2D eigenvalue weighted by molar-refractivity contribution is 0.396. The predicted octanol–water partition coefficient (Wildman–Crippen LogP) is 2.89. The number of hydrogen-bond donors (Lipinski definition) is 1. The molecule has 0 saturated heterocycles. The molecule has 2 aromatic rings. The molecule has 0 unspecified atom stereocenters. The smallest absolute Gasteiger partial charge is 0.169 e. The Balaban J connectivity index is 1.93. The van der Waals surface area contributed by atoms with E-state index in [0.717, 1.165) is 29.5 Å². The summed E-state index contributed by atoms with van der Waals surface area (Å²) >= 11 is 7.34. The maximum Gasteiger partial charge on any atom is 0.169 e. The van der Waals surface area contributed by atoms with E-state index in [1.165, 1.54) is 11.9 Å². The van der Waals surface area contributed by atoms with Crippen LogP contribution >= 0.6 is 24.0 Å². The normalized spacial score (nSPS) is 12.0. The molecule has 0 aliphatic rings. The minimum absolute atomic E-state index is 0.209. The summed E-state index contributed by atoms with van der Waals surface area (Å²) in [5.74, 6) is 1.15. The summed E-state index contributed by atoms with van der Waals surface area (Å²) in [6.45, 7) is 3.07. The second kappa shape index (κ2) is 8.88. The van der Waals surface area contributed by atoms with Crippen LogP contribution in [0.3, 0.4) is 0 Å². The maximum atomic E-state index is 5.48. The van der Waals surface area contributed by atoms with Gasteiger partial charge in [-0.2, -0.15) is 16.9 Å². The van der Waals surface area contributed by atoms with Crippen LogP contribution < -0.4 is 5.32 Å². The summed E-state index contributed by atoms with van der Waals surface area (Å²) in [7, 11) is 2.03. The molecule has 2 rings (SSSR count). The Morgan fingerprint density at radius 1 is 1.39 bits per heavy atom. The zero-order valence-corrected chi connectivity index (χ0v) is 15.4. The predicted molar refractivity (Wildman–Crippen MR) is 101 cm³/mol. The van der Waals surface area contributed by atoms with Crippen molar-refractivity contribution in [1.29, 1.82) is 0 Å². The van der Waals surface area contributed by atoms with Gasteiger partial charge in [0.05, 0.1) is 11.7 Å². The fourth-order valence-corrected chi connectivity index (χ4v) is 2.88. The molecule has 0 aliphatic heterocycles. The third kappa shape index (κ3) is 4.94. The third-order valence-electron chi connectivity index (χ3n) is 3.76. The highest BCUT2D eigenvalue weighted by atomic mass is 32.2. The van der Waals surface area contributed by atoms with Crippen molar-refractivity contribution in [3.05, 3.63) is 42.5 Å². The Kier molecular flexibility index (Phi) is 6.85. The minimum Gasteiger partial charge on any atom is -0.363 e. The van der Waals surface area contributed by atoms with E-state index in [1.54, 1.807) is 11.0 Å². The number of benzene rings is 1. The number of nitrogens with zero attached hydrogens (tertiary/aromatic N) is 4. The average molecular weight is 350 g/mol. The van der Waals surface area contributed by atoms with Gasteiger partial charge in [-0.1, -0.05) is 12.1 Å². The second-order valence-corrected chi connectivity index (χ2v) is 6.67. The molecule has 5 nitrogen and oxygen atoms in total. The van der Waals surface area contributed by atoms with Crippen molar-refractivity contribution in [1.82, 2.24) is 25.0 Å². The SMILES string of the molecule is CSCCCNC(=S)N(C)[C@@H](C)c1ccc(-n2cncn2)cc1. The maximum absolute atomic E-state index is 5.48. The molecular weight excluding hydrogens is 326 g/mol. The molecule has 0 fully saturated rings. The van der Waals surface area contributed by atoms with Gasteiger partial charge in [0.2, 0.25) is 0 Å². The monoisotopic (exact) mass is 349 g/mol. The lowest BCUT2D eigenvalue weighted by Gasteiger charge is -2.28. The van der Waals surface area contributed by atoms with E-state index in [9.17, 15) is 0 Å². The number of rotatable bonds is 7. The van der Waals surface area contributed by atoms with Crippen LogP contribution in [0.25, 0.3) is 5.69 Å². The van der Waals surface area contributed by atoms with Gasteiger partial charge in [-0.15, -0.1) is 0 Å². The van der Waals surface area contributed by atoms with Crippen LogP contribution in [0.2, 0.25) is 0 Å². The van der Waals surface area contributed by atoms with Crippen LogP contribution in [-0.2, 0) is 0 Å². The van der Waals surface area contributed by atoms with E-state index in [2.05, 4.69) is 45.6 Å². The van der Waals surface area contributed by atoms with Crippen molar-refractivity contribution in [2.24, 2.45) is 0 Å². The first-order chi connectivity index (χ1) is 11.1. The quantitative estimate of drug-likeness (QED) is 0.613. The van der Waals surface area contributed by atoms with Crippen molar-refractivity contribution in [2.75, 3.05) is 25.6 Å². The second-order valence-electron chi connectivity index (χ2n) is 5.30. The van der Waals surface area contributed by atoms with Gasteiger partial charge in [0.25, 0.3) is 0 Å².